The molecular formula is C3H4N2Na2O4S. The van der Waals surface area contributed by atoms with E-state index in [-0.39, 0.29) is 59.1 Å². The first-order valence-electron chi connectivity index (χ1n) is 2.10. The van der Waals surface area contributed by atoms with Crippen LogP contribution in [0.2, 0.25) is 0 Å². The van der Waals surface area contributed by atoms with Crippen molar-refractivity contribution in [2.45, 2.75) is 0 Å². The molecule has 58 valence electrons. The summed E-state index contributed by atoms with van der Waals surface area (Å²) in [5.41, 5.74) is 0. The van der Waals surface area contributed by atoms with Gasteiger partial charge in [0.05, 0.1) is 0 Å². The molecule has 6 nitrogen and oxygen atoms in total. The molecule has 1 aromatic heterocycles. The van der Waals surface area contributed by atoms with Crippen LogP contribution in [0.15, 0.2) is 18.5 Å². The summed E-state index contributed by atoms with van der Waals surface area (Å²) in [6.45, 7) is 0. The second-order valence-corrected chi connectivity index (χ2v) is 1.99. The summed E-state index contributed by atoms with van der Waals surface area (Å²) in [6.07, 6.45) is 3.46. The minimum atomic E-state index is -5.17. The van der Waals surface area contributed by atoms with Crippen molar-refractivity contribution in [3.8, 4) is 0 Å². The zero-order valence-electron chi connectivity index (χ0n) is 6.72. The molecule has 9 heteroatoms. The van der Waals surface area contributed by atoms with Crippen LogP contribution in [0.3, 0.4) is 0 Å². The molecule has 0 spiro atoms. The van der Waals surface area contributed by atoms with Crippen molar-refractivity contribution < 1.29 is 76.6 Å². The zero-order valence-corrected chi connectivity index (χ0v) is 11.5. The van der Waals surface area contributed by atoms with Gasteiger partial charge in [0.2, 0.25) is 0 Å². The Morgan fingerprint density at radius 1 is 1.25 bits per heavy atom. The van der Waals surface area contributed by atoms with E-state index in [4.69, 9.17) is 17.5 Å². The molecule has 0 aromatic carbocycles. The fourth-order valence-corrected chi connectivity index (χ4v) is 0.215. The summed E-state index contributed by atoms with van der Waals surface area (Å²) in [5.74, 6) is 0. The Balaban J connectivity index is -0.000000116. The van der Waals surface area contributed by atoms with Gasteiger partial charge in [-0.2, -0.15) is 5.10 Å². The standard InChI is InChI=1S/C3H4N2.2Na.H2O4S/c1-2-4-5-3-1;;;1-5(2,3)4/h1-3H,(H,4,5);;;(H2,1,2,3,4)/q;2*+1;/p-2. The van der Waals surface area contributed by atoms with Gasteiger partial charge in [-0.15, -0.1) is 0 Å². The van der Waals surface area contributed by atoms with E-state index >= 15 is 0 Å². The van der Waals surface area contributed by atoms with Gasteiger partial charge in [-0.05, 0) is 6.07 Å². The van der Waals surface area contributed by atoms with Gasteiger partial charge < -0.3 is 9.11 Å². The molecule has 1 heterocycles. The Kier molecular flexibility index (Phi) is 15.9. The first-order chi connectivity index (χ1) is 4.50. The smallest absolute Gasteiger partial charge is 0.759 e. The minimum absolute atomic E-state index is 0. The quantitative estimate of drug-likeness (QED) is 0.260. The molecule has 0 unspecified atom stereocenters. The second kappa shape index (κ2) is 10.2. The molecule has 12 heavy (non-hydrogen) atoms. The number of aromatic amines is 1. The number of aromatic nitrogens is 2. The second-order valence-electron chi connectivity index (χ2n) is 1.17. The van der Waals surface area contributed by atoms with Gasteiger partial charge in [-0.1, -0.05) is 0 Å². The van der Waals surface area contributed by atoms with Crippen LogP contribution in [-0.4, -0.2) is 27.7 Å². The molecular weight excluding hydrogens is 206 g/mol. The SMILES string of the molecule is O=S(=O)([O-])[O-].[Na+].[Na+].c1cn[nH]c1. The van der Waals surface area contributed by atoms with Crippen LogP contribution in [0.25, 0.3) is 0 Å². The van der Waals surface area contributed by atoms with E-state index in [1.54, 1.807) is 12.4 Å². The van der Waals surface area contributed by atoms with Crippen molar-refractivity contribution in [3.63, 3.8) is 0 Å². The van der Waals surface area contributed by atoms with E-state index in [0.717, 1.165) is 0 Å². The summed E-state index contributed by atoms with van der Waals surface area (Å²) in [6, 6.07) is 1.83. The molecule has 1 N–H and O–H groups in total. The normalized spacial score (nSPS) is 8.17. The van der Waals surface area contributed by atoms with E-state index < -0.39 is 10.4 Å². The summed E-state index contributed by atoms with van der Waals surface area (Å²) in [4.78, 5) is 0. The van der Waals surface area contributed by atoms with E-state index in [1.807, 2.05) is 6.07 Å². The Bertz CT molecular complexity index is 222. The number of H-pyrrole nitrogens is 1. The Morgan fingerprint density at radius 3 is 1.75 bits per heavy atom. The average molecular weight is 210 g/mol. The molecule has 0 bridgehead atoms. The van der Waals surface area contributed by atoms with Gasteiger partial charge >= 0.3 is 59.1 Å². The Morgan fingerprint density at radius 2 is 1.67 bits per heavy atom. The first-order valence-corrected chi connectivity index (χ1v) is 3.44. The van der Waals surface area contributed by atoms with E-state index in [9.17, 15) is 0 Å². The van der Waals surface area contributed by atoms with Crippen LogP contribution >= 0.6 is 0 Å². The first kappa shape index (κ1) is 18.8. The average Bonchev–Trinajstić information content (AvgIpc) is 2.07. The maximum atomic E-state index is 8.52. The molecule has 0 fully saturated rings. The van der Waals surface area contributed by atoms with Gasteiger partial charge in [-0.3, -0.25) is 13.5 Å². The predicted octanol–water partition coefficient (Wildman–Crippen LogP) is -6.92. The molecule has 1 aromatic rings. The number of rotatable bonds is 0. The molecule has 1 rings (SSSR count). The largest absolute Gasteiger partial charge is 1.00 e. The molecule has 0 aliphatic rings. The Labute approximate surface area is 114 Å². The third-order valence-corrected chi connectivity index (χ3v) is 0.406. The van der Waals surface area contributed by atoms with E-state index in [2.05, 4.69) is 10.2 Å². The maximum Gasteiger partial charge on any atom is 1.00 e. The van der Waals surface area contributed by atoms with Crippen LogP contribution in [0.4, 0.5) is 0 Å². The molecule has 0 saturated heterocycles. The van der Waals surface area contributed by atoms with Crippen LogP contribution in [0.5, 0.6) is 0 Å². The number of hydrogen-bond donors (Lipinski definition) is 1. The van der Waals surface area contributed by atoms with Gasteiger partial charge in [-0.25, -0.2) is 0 Å². The third-order valence-electron chi connectivity index (χ3n) is 0.406. The molecule has 0 radical (unpaired) electrons. The summed E-state index contributed by atoms with van der Waals surface area (Å²) in [5, 5.41) is 6.21. The number of hydrogen-bond acceptors (Lipinski definition) is 5. The fraction of sp³-hybridized carbons (Fsp3) is 0. The molecule has 0 aliphatic carbocycles. The number of nitrogens with zero attached hydrogens (tertiary/aromatic N) is 1. The summed E-state index contributed by atoms with van der Waals surface area (Å²) >= 11 is 0. The van der Waals surface area contributed by atoms with Gasteiger partial charge in [0.25, 0.3) is 0 Å². The van der Waals surface area contributed by atoms with Crippen molar-refractivity contribution in [2.75, 3.05) is 0 Å². The van der Waals surface area contributed by atoms with Crippen molar-refractivity contribution in [1.82, 2.24) is 10.2 Å². The van der Waals surface area contributed by atoms with Crippen LogP contribution < -0.4 is 59.1 Å². The molecule has 0 amide bonds. The Hall–Kier alpha value is 1.08. The topological polar surface area (TPSA) is 109 Å². The van der Waals surface area contributed by atoms with Gasteiger partial charge in [0.1, 0.15) is 0 Å². The number of nitrogens with one attached hydrogen (secondary N) is 1. The maximum absolute atomic E-state index is 8.52. The van der Waals surface area contributed by atoms with Crippen LogP contribution in [0, 0.1) is 0 Å². The summed E-state index contributed by atoms with van der Waals surface area (Å²) < 4.78 is 34.1. The van der Waals surface area contributed by atoms with Crippen molar-refractivity contribution in [3.05, 3.63) is 18.5 Å². The van der Waals surface area contributed by atoms with Crippen molar-refractivity contribution in [2.24, 2.45) is 0 Å². The van der Waals surface area contributed by atoms with E-state index in [1.165, 1.54) is 0 Å². The fourth-order valence-electron chi connectivity index (χ4n) is 0.215. The molecule has 0 atom stereocenters. The van der Waals surface area contributed by atoms with E-state index in [0.29, 0.717) is 0 Å². The van der Waals surface area contributed by atoms with Gasteiger partial charge in [0, 0.05) is 22.8 Å². The monoisotopic (exact) mass is 210 g/mol. The summed E-state index contributed by atoms with van der Waals surface area (Å²) in [7, 11) is -5.17. The molecule has 0 saturated carbocycles. The molecule has 0 aliphatic heterocycles. The van der Waals surface area contributed by atoms with Gasteiger partial charge in [0.15, 0.2) is 0 Å². The van der Waals surface area contributed by atoms with Crippen LogP contribution in [-0.2, 0) is 10.4 Å². The van der Waals surface area contributed by atoms with Crippen molar-refractivity contribution in [1.29, 1.82) is 0 Å². The van der Waals surface area contributed by atoms with Crippen molar-refractivity contribution >= 4 is 10.4 Å². The zero-order chi connectivity index (χ0) is 8.04. The third kappa shape index (κ3) is 30.5. The van der Waals surface area contributed by atoms with Crippen LogP contribution in [0.1, 0.15) is 0 Å². The predicted molar refractivity (Wildman–Crippen MR) is 29.1 cm³/mol. The minimum Gasteiger partial charge on any atom is -0.759 e.